The molecule has 0 aromatic carbocycles. The zero-order valence-corrected chi connectivity index (χ0v) is 9.03. The molecular formula is C10H17NO4. The summed E-state index contributed by atoms with van der Waals surface area (Å²) < 4.78 is 5.09. The third-order valence-corrected chi connectivity index (χ3v) is 2.81. The fourth-order valence-electron chi connectivity index (χ4n) is 1.42. The van der Waals surface area contributed by atoms with Gasteiger partial charge in [-0.05, 0) is 20.3 Å². The van der Waals surface area contributed by atoms with Crippen LogP contribution in [0.5, 0.6) is 0 Å². The lowest BCUT2D eigenvalue weighted by Gasteiger charge is -2.19. The maximum atomic E-state index is 11.6. The molecule has 1 aliphatic rings. The van der Waals surface area contributed by atoms with Crippen molar-refractivity contribution in [2.45, 2.75) is 26.3 Å². The van der Waals surface area contributed by atoms with Crippen LogP contribution in [0.15, 0.2) is 0 Å². The maximum absolute atomic E-state index is 11.6. The van der Waals surface area contributed by atoms with E-state index in [1.165, 1.54) is 0 Å². The van der Waals surface area contributed by atoms with E-state index in [1.54, 1.807) is 13.8 Å². The van der Waals surface area contributed by atoms with E-state index in [4.69, 9.17) is 9.84 Å². The van der Waals surface area contributed by atoms with E-state index in [-0.39, 0.29) is 17.9 Å². The van der Waals surface area contributed by atoms with Gasteiger partial charge >= 0.3 is 5.97 Å². The third kappa shape index (κ3) is 3.20. The van der Waals surface area contributed by atoms with Gasteiger partial charge in [0, 0.05) is 12.6 Å². The smallest absolute Gasteiger partial charge is 0.308 e. The highest BCUT2D eigenvalue weighted by molar-refractivity contribution is 5.80. The topological polar surface area (TPSA) is 75.6 Å². The van der Waals surface area contributed by atoms with Gasteiger partial charge in [-0.2, -0.15) is 0 Å². The van der Waals surface area contributed by atoms with Gasteiger partial charge in [0.25, 0.3) is 0 Å². The predicted molar refractivity (Wildman–Crippen MR) is 53.3 cm³/mol. The SMILES string of the molecule is CC(NC(=O)C1CCOC1)C(C)C(=O)O. The van der Waals surface area contributed by atoms with Crippen molar-refractivity contribution >= 4 is 11.9 Å². The Hall–Kier alpha value is -1.10. The largest absolute Gasteiger partial charge is 0.481 e. The normalized spacial score (nSPS) is 24.5. The highest BCUT2D eigenvalue weighted by atomic mass is 16.5. The Morgan fingerprint density at radius 3 is 2.60 bits per heavy atom. The van der Waals surface area contributed by atoms with Gasteiger partial charge in [0.15, 0.2) is 0 Å². The molecule has 0 bridgehead atoms. The van der Waals surface area contributed by atoms with Crippen LogP contribution < -0.4 is 5.32 Å². The molecular weight excluding hydrogens is 198 g/mol. The van der Waals surface area contributed by atoms with Gasteiger partial charge in [-0.15, -0.1) is 0 Å². The maximum Gasteiger partial charge on any atom is 0.308 e. The molecule has 0 aromatic heterocycles. The van der Waals surface area contributed by atoms with E-state index in [0.717, 1.165) is 6.42 Å². The summed E-state index contributed by atoms with van der Waals surface area (Å²) in [6, 6.07) is -0.351. The number of hydrogen-bond donors (Lipinski definition) is 2. The van der Waals surface area contributed by atoms with E-state index in [1.807, 2.05) is 0 Å². The first-order valence-corrected chi connectivity index (χ1v) is 5.13. The Bertz CT molecular complexity index is 248. The second-order valence-electron chi connectivity index (χ2n) is 3.98. The van der Waals surface area contributed by atoms with Crippen LogP contribution in [-0.4, -0.2) is 36.2 Å². The minimum Gasteiger partial charge on any atom is -0.481 e. The van der Waals surface area contributed by atoms with Gasteiger partial charge in [-0.25, -0.2) is 0 Å². The summed E-state index contributed by atoms with van der Waals surface area (Å²) in [5.41, 5.74) is 0. The molecule has 1 fully saturated rings. The van der Waals surface area contributed by atoms with Crippen molar-refractivity contribution in [2.75, 3.05) is 13.2 Å². The van der Waals surface area contributed by atoms with Gasteiger partial charge in [-0.3, -0.25) is 9.59 Å². The summed E-state index contributed by atoms with van der Waals surface area (Å²) in [7, 11) is 0. The number of nitrogens with one attached hydrogen (secondary N) is 1. The van der Waals surface area contributed by atoms with Crippen LogP contribution in [-0.2, 0) is 14.3 Å². The summed E-state index contributed by atoms with van der Waals surface area (Å²) in [6.45, 7) is 4.34. The third-order valence-electron chi connectivity index (χ3n) is 2.81. The summed E-state index contributed by atoms with van der Waals surface area (Å²) in [5.74, 6) is -1.69. The molecule has 1 heterocycles. The highest BCUT2D eigenvalue weighted by Gasteiger charge is 2.27. The van der Waals surface area contributed by atoms with Crippen molar-refractivity contribution in [1.29, 1.82) is 0 Å². The van der Waals surface area contributed by atoms with Crippen LogP contribution >= 0.6 is 0 Å². The number of amides is 1. The standard InChI is InChI=1S/C10H17NO4/c1-6(10(13)14)7(2)11-9(12)8-3-4-15-5-8/h6-8H,3-5H2,1-2H3,(H,11,12)(H,13,14). The monoisotopic (exact) mass is 215 g/mol. The molecule has 5 heteroatoms. The van der Waals surface area contributed by atoms with E-state index in [0.29, 0.717) is 13.2 Å². The molecule has 3 unspecified atom stereocenters. The van der Waals surface area contributed by atoms with Gasteiger partial charge in [0.1, 0.15) is 0 Å². The van der Waals surface area contributed by atoms with E-state index in [9.17, 15) is 9.59 Å². The van der Waals surface area contributed by atoms with Crippen LogP contribution in [0.4, 0.5) is 0 Å². The quantitative estimate of drug-likeness (QED) is 0.704. The predicted octanol–water partition coefficient (Wildman–Crippen LogP) is 0.248. The zero-order valence-electron chi connectivity index (χ0n) is 9.03. The van der Waals surface area contributed by atoms with Gasteiger partial charge < -0.3 is 15.2 Å². The highest BCUT2D eigenvalue weighted by Crippen LogP contribution is 2.13. The molecule has 0 aliphatic carbocycles. The molecule has 15 heavy (non-hydrogen) atoms. The number of carboxylic acid groups (broad SMARTS) is 1. The molecule has 5 nitrogen and oxygen atoms in total. The van der Waals surface area contributed by atoms with E-state index in [2.05, 4.69) is 5.32 Å². The minimum absolute atomic E-state index is 0.104. The first-order valence-electron chi connectivity index (χ1n) is 5.13. The zero-order chi connectivity index (χ0) is 11.4. The number of carboxylic acids is 1. The summed E-state index contributed by atoms with van der Waals surface area (Å²) in [4.78, 5) is 22.3. The lowest BCUT2D eigenvalue weighted by molar-refractivity contribution is -0.142. The van der Waals surface area contributed by atoms with Crippen molar-refractivity contribution < 1.29 is 19.4 Å². The summed E-state index contributed by atoms with van der Waals surface area (Å²) in [5, 5.41) is 11.5. The number of carbonyl (C=O) groups excluding carboxylic acids is 1. The Labute approximate surface area is 88.8 Å². The van der Waals surface area contributed by atoms with Crippen molar-refractivity contribution in [3.63, 3.8) is 0 Å². The number of aliphatic carboxylic acids is 1. The van der Waals surface area contributed by atoms with Crippen LogP contribution in [0.25, 0.3) is 0 Å². The average molecular weight is 215 g/mol. The lowest BCUT2D eigenvalue weighted by atomic mass is 10.0. The summed E-state index contributed by atoms with van der Waals surface area (Å²) >= 11 is 0. The Morgan fingerprint density at radius 1 is 1.47 bits per heavy atom. The number of carbonyl (C=O) groups is 2. The van der Waals surface area contributed by atoms with Crippen LogP contribution in [0.1, 0.15) is 20.3 Å². The van der Waals surface area contributed by atoms with Crippen molar-refractivity contribution in [2.24, 2.45) is 11.8 Å². The molecule has 0 spiro atoms. The van der Waals surface area contributed by atoms with Crippen LogP contribution in [0.2, 0.25) is 0 Å². The molecule has 0 saturated carbocycles. The molecule has 2 N–H and O–H groups in total. The summed E-state index contributed by atoms with van der Waals surface area (Å²) in [6.07, 6.45) is 0.722. The fraction of sp³-hybridized carbons (Fsp3) is 0.800. The first-order chi connectivity index (χ1) is 7.02. The molecule has 1 saturated heterocycles. The number of rotatable bonds is 4. The molecule has 0 aromatic rings. The molecule has 1 amide bonds. The van der Waals surface area contributed by atoms with E-state index >= 15 is 0 Å². The lowest BCUT2D eigenvalue weighted by Crippen LogP contribution is -2.43. The fourth-order valence-corrected chi connectivity index (χ4v) is 1.42. The molecule has 1 aliphatic heterocycles. The van der Waals surface area contributed by atoms with Gasteiger partial charge in [0.05, 0.1) is 18.4 Å². The Kier molecular flexibility index (Phi) is 4.08. The molecule has 1 rings (SSSR count). The number of hydrogen-bond acceptors (Lipinski definition) is 3. The average Bonchev–Trinajstić information content (AvgIpc) is 2.68. The first kappa shape index (κ1) is 12.0. The Balaban J connectivity index is 2.39. The second kappa shape index (κ2) is 5.11. The molecule has 3 atom stereocenters. The van der Waals surface area contributed by atoms with Crippen LogP contribution in [0, 0.1) is 11.8 Å². The number of ether oxygens (including phenoxy) is 1. The molecule has 86 valence electrons. The minimum atomic E-state index is -0.898. The second-order valence-corrected chi connectivity index (χ2v) is 3.98. The van der Waals surface area contributed by atoms with Crippen molar-refractivity contribution in [1.82, 2.24) is 5.32 Å². The van der Waals surface area contributed by atoms with Crippen molar-refractivity contribution in [3.8, 4) is 0 Å². The van der Waals surface area contributed by atoms with Crippen molar-refractivity contribution in [3.05, 3.63) is 0 Å². The molecule has 0 radical (unpaired) electrons. The van der Waals surface area contributed by atoms with Gasteiger partial charge in [-0.1, -0.05) is 0 Å². The van der Waals surface area contributed by atoms with Gasteiger partial charge in [0.2, 0.25) is 5.91 Å². The van der Waals surface area contributed by atoms with Crippen LogP contribution in [0.3, 0.4) is 0 Å². The Morgan fingerprint density at radius 2 is 2.13 bits per heavy atom. The van der Waals surface area contributed by atoms with E-state index < -0.39 is 11.9 Å².